The summed E-state index contributed by atoms with van der Waals surface area (Å²) < 4.78 is 1.82. The molecule has 0 saturated heterocycles. The first-order valence-corrected chi connectivity index (χ1v) is 7.20. The molecular weight excluding hydrogens is 246 g/mol. The molecule has 0 aliphatic rings. The summed E-state index contributed by atoms with van der Waals surface area (Å²) in [7, 11) is 0. The van der Waals surface area contributed by atoms with E-state index >= 15 is 0 Å². The molecule has 0 aliphatic heterocycles. The Hall–Kier alpha value is -2.16. The van der Waals surface area contributed by atoms with E-state index in [1.807, 2.05) is 76.1 Å². The number of aryl methyl sites for hydroxylation is 1. The Kier molecular flexibility index (Phi) is 6.44. The summed E-state index contributed by atoms with van der Waals surface area (Å²) >= 11 is 0. The molecule has 0 fully saturated rings. The number of hydrogen-bond donors (Lipinski definition) is 0. The lowest BCUT2D eigenvalue weighted by molar-refractivity contribution is 0.855. The molecule has 20 heavy (non-hydrogen) atoms. The number of benzene rings is 1. The molecule has 0 bridgehead atoms. The van der Waals surface area contributed by atoms with E-state index in [4.69, 9.17) is 0 Å². The number of rotatable bonds is 1. The van der Waals surface area contributed by atoms with Crippen LogP contribution in [-0.4, -0.2) is 14.8 Å². The van der Waals surface area contributed by atoms with Gasteiger partial charge in [-0.15, -0.1) is 0 Å². The highest BCUT2D eigenvalue weighted by Gasteiger charge is 2.04. The van der Waals surface area contributed by atoms with Gasteiger partial charge >= 0.3 is 0 Å². The molecule has 2 aromatic heterocycles. The van der Waals surface area contributed by atoms with Crippen LogP contribution in [0.25, 0.3) is 16.6 Å². The maximum atomic E-state index is 4.39. The monoisotopic (exact) mass is 269 g/mol. The molecule has 0 N–H and O–H groups in total. The van der Waals surface area contributed by atoms with Crippen molar-refractivity contribution in [1.82, 2.24) is 14.8 Å². The molecule has 0 radical (unpaired) electrons. The van der Waals surface area contributed by atoms with Crippen molar-refractivity contribution in [3.05, 3.63) is 54.5 Å². The van der Waals surface area contributed by atoms with Crippen LogP contribution in [0.3, 0.4) is 0 Å². The summed E-state index contributed by atoms with van der Waals surface area (Å²) in [5.41, 5.74) is 1.13. The molecular formula is C17H23N3. The van der Waals surface area contributed by atoms with E-state index in [1.54, 1.807) is 0 Å². The van der Waals surface area contributed by atoms with Crippen LogP contribution in [-0.2, 0) is 0 Å². The molecule has 2 heterocycles. The summed E-state index contributed by atoms with van der Waals surface area (Å²) in [5.74, 6) is 0.881. The molecule has 0 spiro atoms. The smallest absolute Gasteiger partial charge is 0.161 e. The van der Waals surface area contributed by atoms with Crippen LogP contribution in [0, 0.1) is 6.92 Å². The average Bonchev–Trinajstić information content (AvgIpc) is 2.97. The van der Waals surface area contributed by atoms with Gasteiger partial charge in [-0.2, -0.15) is 5.10 Å². The van der Waals surface area contributed by atoms with Crippen LogP contribution in [0.4, 0.5) is 0 Å². The van der Waals surface area contributed by atoms with E-state index in [-0.39, 0.29) is 0 Å². The largest absolute Gasteiger partial charge is 0.237 e. The highest BCUT2D eigenvalue weighted by atomic mass is 15.3. The van der Waals surface area contributed by atoms with E-state index in [0.29, 0.717) is 0 Å². The number of fused-ring (bicyclic) bond motifs is 1. The summed E-state index contributed by atoms with van der Waals surface area (Å²) in [6.45, 7) is 10.0. The lowest BCUT2D eigenvalue weighted by Crippen LogP contribution is -1.98. The second-order valence-corrected chi connectivity index (χ2v) is 3.82. The zero-order valence-corrected chi connectivity index (χ0v) is 13.0. The quantitative estimate of drug-likeness (QED) is 0.636. The van der Waals surface area contributed by atoms with Crippen LogP contribution in [0.5, 0.6) is 0 Å². The predicted octanol–water partition coefficient (Wildman–Crippen LogP) is 4.78. The van der Waals surface area contributed by atoms with Crippen LogP contribution >= 0.6 is 0 Å². The van der Waals surface area contributed by atoms with Gasteiger partial charge in [0.25, 0.3) is 0 Å². The van der Waals surface area contributed by atoms with E-state index in [9.17, 15) is 0 Å². The second kappa shape index (κ2) is 8.10. The molecule has 3 rings (SSSR count). The van der Waals surface area contributed by atoms with Gasteiger partial charge in [0.2, 0.25) is 0 Å². The Morgan fingerprint density at radius 2 is 1.65 bits per heavy atom. The normalized spacial score (nSPS) is 9.25. The maximum Gasteiger partial charge on any atom is 0.161 e. The van der Waals surface area contributed by atoms with Crippen molar-refractivity contribution in [1.29, 1.82) is 0 Å². The Balaban J connectivity index is 0.000000461. The molecule has 3 nitrogen and oxygen atoms in total. The highest BCUT2D eigenvalue weighted by molar-refractivity contribution is 5.88. The fourth-order valence-electron chi connectivity index (χ4n) is 1.81. The van der Waals surface area contributed by atoms with Gasteiger partial charge in [-0.05, 0) is 23.9 Å². The number of hydrogen-bond acceptors (Lipinski definition) is 2. The third kappa shape index (κ3) is 3.44. The minimum Gasteiger partial charge on any atom is -0.237 e. The van der Waals surface area contributed by atoms with E-state index in [0.717, 1.165) is 16.8 Å². The molecule has 0 atom stereocenters. The van der Waals surface area contributed by atoms with Crippen LogP contribution < -0.4 is 0 Å². The maximum absolute atomic E-state index is 4.39. The third-order valence-electron chi connectivity index (χ3n) is 2.58. The van der Waals surface area contributed by atoms with Crippen molar-refractivity contribution < 1.29 is 0 Å². The topological polar surface area (TPSA) is 30.7 Å². The lowest BCUT2D eigenvalue weighted by Gasteiger charge is -2.04. The van der Waals surface area contributed by atoms with E-state index in [2.05, 4.69) is 22.2 Å². The first-order valence-electron chi connectivity index (χ1n) is 7.20. The first kappa shape index (κ1) is 15.9. The Bertz CT molecular complexity index is 636. The molecule has 106 valence electrons. The zero-order chi connectivity index (χ0) is 15.0. The fraction of sp³-hybridized carbons (Fsp3) is 0.294. The number of pyridine rings is 1. The van der Waals surface area contributed by atoms with E-state index in [1.165, 1.54) is 5.39 Å². The van der Waals surface area contributed by atoms with Gasteiger partial charge in [0, 0.05) is 17.8 Å². The van der Waals surface area contributed by atoms with Crippen molar-refractivity contribution in [2.75, 3.05) is 0 Å². The summed E-state index contributed by atoms with van der Waals surface area (Å²) in [6.07, 6.45) is 5.63. The van der Waals surface area contributed by atoms with Crippen molar-refractivity contribution in [3.8, 4) is 5.82 Å². The van der Waals surface area contributed by atoms with Gasteiger partial charge in [0.1, 0.15) is 0 Å². The van der Waals surface area contributed by atoms with Crippen molar-refractivity contribution in [2.24, 2.45) is 0 Å². The summed E-state index contributed by atoms with van der Waals surface area (Å²) in [4.78, 5) is 4.39. The third-order valence-corrected chi connectivity index (χ3v) is 2.58. The molecule has 3 aromatic rings. The van der Waals surface area contributed by atoms with Crippen LogP contribution in [0.15, 0.2) is 48.9 Å². The standard InChI is InChI=1S/C13H11N3.2C2H6/c1-10-8-15-16(9-10)13-12-5-3-2-4-11(12)6-7-14-13;2*1-2/h2-9H,1H3;2*1-2H3. The number of aromatic nitrogens is 3. The SMILES string of the molecule is CC.CC.Cc1cnn(-c2nccc3ccccc23)c1. The summed E-state index contributed by atoms with van der Waals surface area (Å²) in [5, 5.41) is 6.59. The highest BCUT2D eigenvalue weighted by Crippen LogP contribution is 2.19. The number of nitrogens with zero attached hydrogens (tertiary/aromatic N) is 3. The molecule has 0 aliphatic carbocycles. The van der Waals surface area contributed by atoms with E-state index < -0.39 is 0 Å². The van der Waals surface area contributed by atoms with Crippen molar-refractivity contribution >= 4 is 10.8 Å². The predicted molar refractivity (Wildman–Crippen MR) is 86.3 cm³/mol. The van der Waals surface area contributed by atoms with Gasteiger partial charge in [-0.1, -0.05) is 52.0 Å². The molecule has 0 amide bonds. The average molecular weight is 269 g/mol. The lowest BCUT2D eigenvalue weighted by atomic mass is 10.1. The Morgan fingerprint density at radius 3 is 2.30 bits per heavy atom. The van der Waals surface area contributed by atoms with Gasteiger partial charge in [-0.3, -0.25) is 0 Å². The van der Waals surface area contributed by atoms with Crippen molar-refractivity contribution in [2.45, 2.75) is 34.6 Å². The zero-order valence-electron chi connectivity index (χ0n) is 13.0. The Morgan fingerprint density at radius 1 is 0.950 bits per heavy atom. The first-order chi connectivity index (χ1) is 9.84. The van der Waals surface area contributed by atoms with Gasteiger partial charge in [0.05, 0.1) is 6.20 Å². The molecule has 0 unspecified atom stereocenters. The molecule has 3 heteroatoms. The van der Waals surface area contributed by atoms with Gasteiger partial charge < -0.3 is 0 Å². The minimum absolute atomic E-state index is 0.881. The molecule has 0 saturated carbocycles. The molecule has 1 aromatic carbocycles. The van der Waals surface area contributed by atoms with Crippen LogP contribution in [0.2, 0.25) is 0 Å². The van der Waals surface area contributed by atoms with Gasteiger partial charge in [0.15, 0.2) is 5.82 Å². The fourth-order valence-corrected chi connectivity index (χ4v) is 1.81. The van der Waals surface area contributed by atoms with Gasteiger partial charge in [-0.25, -0.2) is 9.67 Å². The Labute approximate surface area is 121 Å². The minimum atomic E-state index is 0.881. The van der Waals surface area contributed by atoms with Crippen molar-refractivity contribution in [3.63, 3.8) is 0 Å². The van der Waals surface area contributed by atoms with Crippen LogP contribution in [0.1, 0.15) is 33.3 Å². The second-order valence-electron chi connectivity index (χ2n) is 3.82. The summed E-state index contributed by atoms with van der Waals surface area (Å²) in [6, 6.07) is 10.2.